The molecule has 0 radical (unpaired) electrons. The normalized spacial score (nSPS) is 19.9. The second kappa shape index (κ2) is 3.84. The maximum atomic E-state index is 11.4. The molecule has 68 valence electrons. The van der Waals surface area contributed by atoms with Crippen LogP contribution in [0.5, 0.6) is 0 Å². The van der Waals surface area contributed by atoms with E-state index in [9.17, 15) is 4.79 Å². The maximum absolute atomic E-state index is 11.4. The number of thioether (sulfide) groups is 1. The van der Waals surface area contributed by atoms with Crippen LogP contribution in [0.4, 0.5) is 0 Å². The van der Waals surface area contributed by atoms with Crippen molar-refractivity contribution in [2.75, 3.05) is 5.33 Å². The number of carbonyl (C=O) groups excluding carboxylic acids is 1. The van der Waals surface area contributed by atoms with Crippen molar-refractivity contribution >= 4 is 33.5 Å². The topological polar surface area (TPSA) is 17.1 Å². The molecule has 0 aromatic heterocycles. The number of carbonyl (C=O) groups is 1. The largest absolute Gasteiger partial charge is 0.297 e. The van der Waals surface area contributed by atoms with Crippen molar-refractivity contribution in [2.45, 2.75) is 16.6 Å². The first kappa shape index (κ1) is 9.28. The first-order chi connectivity index (χ1) is 6.31. The SMILES string of the molecule is O=C(CBr)C1Cc2ccccc2S1. The molecule has 0 bridgehead atoms. The van der Waals surface area contributed by atoms with Gasteiger partial charge in [-0.15, -0.1) is 11.8 Å². The molecule has 1 aromatic rings. The van der Waals surface area contributed by atoms with Gasteiger partial charge >= 0.3 is 0 Å². The first-order valence-corrected chi connectivity index (χ1v) is 6.14. The van der Waals surface area contributed by atoms with E-state index in [0.29, 0.717) is 11.1 Å². The van der Waals surface area contributed by atoms with Gasteiger partial charge in [0.15, 0.2) is 5.78 Å². The number of rotatable bonds is 2. The number of alkyl halides is 1. The molecule has 1 unspecified atom stereocenters. The quantitative estimate of drug-likeness (QED) is 0.758. The van der Waals surface area contributed by atoms with E-state index in [2.05, 4.69) is 28.1 Å². The lowest BCUT2D eigenvalue weighted by atomic mass is 10.1. The molecule has 0 aliphatic carbocycles. The van der Waals surface area contributed by atoms with E-state index in [1.807, 2.05) is 12.1 Å². The van der Waals surface area contributed by atoms with Crippen LogP contribution in [-0.2, 0) is 11.2 Å². The lowest BCUT2D eigenvalue weighted by Gasteiger charge is -2.02. The number of Topliss-reactive ketones (excluding diaryl/α,β-unsaturated/α-hetero) is 1. The summed E-state index contributed by atoms with van der Waals surface area (Å²) in [7, 11) is 0. The van der Waals surface area contributed by atoms with Crippen molar-refractivity contribution in [2.24, 2.45) is 0 Å². The fourth-order valence-corrected chi connectivity index (χ4v) is 3.30. The third-order valence-electron chi connectivity index (χ3n) is 2.14. The number of halogens is 1. The molecule has 2 rings (SSSR count). The zero-order valence-electron chi connectivity index (χ0n) is 7.00. The van der Waals surface area contributed by atoms with E-state index in [1.54, 1.807) is 11.8 Å². The summed E-state index contributed by atoms with van der Waals surface area (Å²) in [5.74, 6) is 0.293. The summed E-state index contributed by atoms with van der Waals surface area (Å²) in [5.41, 5.74) is 1.31. The number of benzene rings is 1. The van der Waals surface area contributed by atoms with Crippen molar-refractivity contribution in [3.8, 4) is 0 Å². The van der Waals surface area contributed by atoms with Gasteiger partial charge < -0.3 is 0 Å². The second-order valence-electron chi connectivity index (χ2n) is 3.02. The zero-order valence-corrected chi connectivity index (χ0v) is 9.40. The Kier molecular flexibility index (Phi) is 2.74. The van der Waals surface area contributed by atoms with Crippen LogP contribution in [0.1, 0.15) is 5.56 Å². The average molecular weight is 257 g/mol. The Balaban J connectivity index is 2.18. The minimum atomic E-state index is 0.136. The summed E-state index contributed by atoms with van der Waals surface area (Å²) < 4.78 is 0. The minimum absolute atomic E-state index is 0.136. The number of hydrogen-bond donors (Lipinski definition) is 0. The van der Waals surface area contributed by atoms with Gasteiger partial charge in [0.1, 0.15) is 0 Å². The predicted octanol–water partition coefficient (Wildman–Crippen LogP) is 2.67. The lowest BCUT2D eigenvalue weighted by Crippen LogP contribution is -2.16. The summed E-state index contributed by atoms with van der Waals surface area (Å²) in [4.78, 5) is 12.7. The first-order valence-electron chi connectivity index (χ1n) is 4.14. The van der Waals surface area contributed by atoms with E-state index >= 15 is 0 Å². The van der Waals surface area contributed by atoms with Gasteiger partial charge in [-0.25, -0.2) is 0 Å². The molecule has 1 heterocycles. The van der Waals surface area contributed by atoms with Gasteiger partial charge in [-0.2, -0.15) is 0 Å². The Labute approximate surface area is 90.0 Å². The van der Waals surface area contributed by atoms with Gasteiger partial charge in [0.25, 0.3) is 0 Å². The molecule has 1 atom stereocenters. The number of hydrogen-bond acceptors (Lipinski definition) is 2. The highest BCUT2D eigenvalue weighted by Gasteiger charge is 2.26. The minimum Gasteiger partial charge on any atom is -0.297 e. The van der Waals surface area contributed by atoms with Gasteiger partial charge in [0.2, 0.25) is 0 Å². The summed E-state index contributed by atoms with van der Waals surface area (Å²) >= 11 is 4.90. The van der Waals surface area contributed by atoms with Crippen LogP contribution in [0.3, 0.4) is 0 Å². The molecular formula is C10H9BrOS. The monoisotopic (exact) mass is 256 g/mol. The fraction of sp³-hybridized carbons (Fsp3) is 0.300. The molecule has 0 saturated carbocycles. The highest BCUT2D eigenvalue weighted by molar-refractivity contribution is 9.09. The van der Waals surface area contributed by atoms with E-state index in [0.717, 1.165) is 6.42 Å². The van der Waals surface area contributed by atoms with Crippen LogP contribution >= 0.6 is 27.7 Å². The van der Waals surface area contributed by atoms with Gasteiger partial charge in [-0.3, -0.25) is 4.79 Å². The van der Waals surface area contributed by atoms with Crippen LogP contribution in [0.2, 0.25) is 0 Å². The Bertz CT molecular complexity index is 312. The Morgan fingerprint density at radius 1 is 1.54 bits per heavy atom. The number of ketones is 1. The molecule has 13 heavy (non-hydrogen) atoms. The van der Waals surface area contributed by atoms with Crippen molar-refractivity contribution in [3.63, 3.8) is 0 Å². The molecule has 0 N–H and O–H groups in total. The highest BCUT2D eigenvalue weighted by Crippen LogP contribution is 2.37. The Morgan fingerprint density at radius 2 is 2.31 bits per heavy atom. The predicted molar refractivity (Wildman–Crippen MR) is 58.6 cm³/mol. The standard InChI is InChI=1S/C10H9BrOS/c11-6-8(12)10-5-7-3-1-2-4-9(7)13-10/h1-4,10H,5-6H2. The third kappa shape index (κ3) is 1.81. The van der Waals surface area contributed by atoms with Gasteiger partial charge in [-0.1, -0.05) is 34.1 Å². The second-order valence-corrected chi connectivity index (χ2v) is 4.82. The Hall–Kier alpha value is -0.280. The maximum Gasteiger partial charge on any atom is 0.157 e. The number of fused-ring (bicyclic) bond motifs is 1. The smallest absolute Gasteiger partial charge is 0.157 e. The van der Waals surface area contributed by atoms with Crippen molar-refractivity contribution < 1.29 is 4.79 Å². The molecule has 1 aromatic carbocycles. The van der Waals surface area contributed by atoms with Crippen LogP contribution in [0.15, 0.2) is 29.2 Å². The summed E-state index contributed by atoms with van der Waals surface area (Å²) in [6.07, 6.45) is 0.894. The lowest BCUT2D eigenvalue weighted by molar-refractivity contribution is -0.115. The fourth-order valence-electron chi connectivity index (χ4n) is 1.45. The molecule has 3 heteroatoms. The molecule has 0 spiro atoms. The summed E-state index contributed by atoms with van der Waals surface area (Å²) in [6, 6.07) is 8.23. The summed E-state index contributed by atoms with van der Waals surface area (Å²) in [5, 5.41) is 0.607. The summed E-state index contributed by atoms with van der Waals surface area (Å²) in [6.45, 7) is 0. The van der Waals surface area contributed by atoms with Crippen LogP contribution in [-0.4, -0.2) is 16.4 Å². The van der Waals surface area contributed by atoms with Crippen molar-refractivity contribution in [1.29, 1.82) is 0 Å². The van der Waals surface area contributed by atoms with E-state index in [4.69, 9.17) is 0 Å². The molecule has 0 amide bonds. The van der Waals surface area contributed by atoms with E-state index in [1.165, 1.54) is 10.5 Å². The van der Waals surface area contributed by atoms with E-state index in [-0.39, 0.29) is 5.25 Å². The Morgan fingerprint density at radius 3 is 3.00 bits per heavy atom. The molecule has 1 nitrogen and oxygen atoms in total. The molecular weight excluding hydrogens is 248 g/mol. The van der Waals surface area contributed by atoms with Gasteiger partial charge in [-0.05, 0) is 18.1 Å². The highest BCUT2D eigenvalue weighted by atomic mass is 79.9. The molecule has 1 aliphatic heterocycles. The van der Waals surface area contributed by atoms with Crippen LogP contribution in [0, 0.1) is 0 Å². The third-order valence-corrected chi connectivity index (χ3v) is 4.06. The molecule has 0 saturated heterocycles. The van der Waals surface area contributed by atoms with E-state index < -0.39 is 0 Å². The van der Waals surface area contributed by atoms with Crippen molar-refractivity contribution in [3.05, 3.63) is 29.8 Å². The molecule has 1 aliphatic rings. The van der Waals surface area contributed by atoms with Crippen LogP contribution in [0.25, 0.3) is 0 Å². The zero-order chi connectivity index (χ0) is 9.26. The molecule has 0 fully saturated rings. The van der Waals surface area contributed by atoms with Gasteiger partial charge in [0.05, 0.1) is 10.6 Å². The van der Waals surface area contributed by atoms with Crippen LogP contribution < -0.4 is 0 Å². The van der Waals surface area contributed by atoms with Crippen molar-refractivity contribution in [1.82, 2.24) is 0 Å². The van der Waals surface area contributed by atoms with Gasteiger partial charge in [0, 0.05) is 4.90 Å². The average Bonchev–Trinajstić information content (AvgIpc) is 2.59.